The van der Waals surface area contributed by atoms with Crippen molar-refractivity contribution in [3.05, 3.63) is 23.3 Å². The molecule has 0 spiro atoms. The maximum absolute atomic E-state index is 12.1. The van der Waals surface area contributed by atoms with Crippen molar-refractivity contribution in [1.29, 1.82) is 0 Å². The van der Waals surface area contributed by atoms with E-state index < -0.39 is 0 Å². The van der Waals surface area contributed by atoms with Crippen molar-refractivity contribution >= 4 is 5.78 Å². The van der Waals surface area contributed by atoms with E-state index in [9.17, 15) is 9.90 Å². The number of aliphatic hydroxyl groups is 1. The third-order valence-corrected chi connectivity index (χ3v) is 8.76. The zero-order valence-corrected chi connectivity index (χ0v) is 16.2. The standard InChI is InChI=1S/C23H34O2/c1-4-15-13-18-19-6-5-16(9-12-24)22(19,2)11-8-20(18)23(3)10-7-17(25)14-21(15)23/h13-14,16,18-20,24H,4-12H2,1-3H3/t16-,18+,19?,20?,22-,23-/m1/s1. The molecule has 0 aromatic carbocycles. The van der Waals surface area contributed by atoms with E-state index in [4.69, 9.17) is 0 Å². The zero-order chi connectivity index (χ0) is 17.8. The van der Waals surface area contributed by atoms with Crippen LogP contribution in [0, 0.1) is 34.5 Å². The summed E-state index contributed by atoms with van der Waals surface area (Å²) in [5.74, 6) is 3.16. The summed E-state index contributed by atoms with van der Waals surface area (Å²) in [6.45, 7) is 7.55. The summed E-state index contributed by atoms with van der Waals surface area (Å²) in [6.07, 6.45) is 13.6. The second-order valence-electron chi connectivity index (χ2n) is 9.61. The van der Waals surface area contributed by atoms with Crippen molar-refractivity contribution in [2.75, 3.05) is 6.61 Å². The molecule has 2 fully saturated rings. The molecule has 0 radical (unpaired) electrons. The van der Waals surface area contributed by atoms with Gasteiger partial charge in [0.05, 0.1) is 0 Å². The molecule has 0 aromatic heterocycles. The van der Waals surface area contributed by atoms with E-state index in [1.54, 1.807) is 0 Å². The van der Waals surface area contributed by atoms with Crippen LogP contribution in [0.3, 0.4) is 0 Å². The number of rotatable bonds is 3. The van der Waals surface area contributed by atoms with Crippen LogP contribution in [0.15, 0.2) is 23.3 Å². The van der Waals surface area contributed by atoms with Gasteiger partial charge in [-0.15, -0.1) is 0 Å². The van der Waals surface area contributed by atoms with Crippen LogP contribution in [0.1, 0.15) is 72.1 Å². The molecule has 6 atom stereocenters. The van der Waals surface area contributed by atoms with Gasteiger partial charge in [-0.1, -0.05) is 26.8 Å². The first-order valence-corrected chi connectivity index (χ1v) is 10.5. The Kier molecular flexibility index (Phi) is 4.26. The Balaban J connectivity index is 1.75. The Labute approximate surface area is 152 Å². The van der Waals surface area contributed by atoms with Crippen LogP contribution in [0.2, 0.25) is 0 Å². The van der Waals surface area contributed by atoms with E-state index in [1.807, 2.05) is 6.08 Å². The van der Waals surface area contributed by atoms with Gasteiger partial charge in [0.15, 0.2) is 5.78 Å². The molecule has 2 unspecified atom stereocenters. The van der Waals surface area contributed by atoms with Crippen molar-refractivity contribution in [3.63, 3.8) is 0 Å². The molecule has 0 aliphatic heterocycles. The molecule has 4 aliphatic rings. The molecule has 0 amide bonds. The second-order valence-corrected chi connectivity index (χ2v) is 9.61. The molecule has 25 heavy (non-hydrogen) atoms. The van der Waals surface area contributed by atoms with E-state index in [1.165, 1.54) is 36.8 Å². The molecule has 138 valence electrons. The van der Waals surface area contributed by atoms with Gasteiger partial charge in [0.25, 0.3) is 0 Å². The number of carbonyl (C=O) groups excluding carboxylic acids is 1. The highest BCUT2D eigenvalue weighted by molar-refractivity contribution is 5.92. The minimum absolute atomic E-state index is 0.203. The average Bonchev–Trinajstić information content (AvgIpc) is 2.92. The van der Waals surface area contributed by atoms with Crippen LogP contribution < -0.4 is 0 Å². The summed E-state index contributed by atoms with van der Waals surface area (Å²) in [6, 6.07) is 0. The van der Waals surface area contributed by atoms with Gasteiger partial charge in [0.2, 0.25) is 0 Å². The minimum Gasteiger partial charge on any atom is -0.396 e. The van der Waals surface area contributed by atoms with Crippen LogP contribution in [-0.2, 0) is 4.79 Å². The Morgan fingerprint density at radius 1 is 1.16 bits per heavy atom. The minimum atomic E-state index is 0.203. The normalized spacial score (nSPS) is 46.0. The lowest BCUT2D eigenvalue weighted by Gasteiger charge is -2.57. The fraction of sp³-hybridized carbons (Fsp3) is 0.783. The van der Waals surface area contributed by atoms with E-state index in [2.05, 4.69) is 26.8 Å². The molecule has 1 N–H and O–H groups in total. The van der Waals surface area contributed by atoms with Gasteiger partial charge in [0.1, 0.15) is 0 Å². The molecular formula is C23H34O2. The van der Waals surface area contributed by atoms with Gasteiger partial charge in [-0.05, 0) is 96.7 Å². The predicted molar refractivity (Wildman–Crippen MR) is 101 cm³/mol. The lowest BCUT2D eigenvalue weighted by atomic mass is 9.47. The van der Waals surface area contributed by atoms with Crippen LogP contribution in [-0.4, -0.2) is 17.5 Å². The molecule has 2 nitrogen and oxygen atoms in total. The topological polar surface area (TPSA) is 37.3 Å². The zero-order valence-electron chi connectivity index (χ0n) is 16.2. The van der Waals surface area contributed by atoms with Crippen LogP contribution >= 0.6 is 0 Å². The molecule has 0 saturated heterocycles. The highest BCUT2D eigenvalue weighted by Crippen LogP contribution is 2.66. The van der Waals surface area contributed by atoms with Crippen LogP contribution in [0.4, 0.5) is 0 Å². The van der Waals surface area contributed by atoms with Crippen molar-refractivity contribution in [2.24, 2.45) is 34.5 Å². The summed E-state index contributed by atoms with van der Waals surface area (Å²) < 4.78 is 0. The first kappa shape index (κ1) is 17.5. The Morgan fingerprint density at radius 3 is 2.68 bits per heavy atom. The lowest BCUT2D eigenvalue weighted by Crippen LogP contribution is -2.49. The fourth-order valence-corrected chi connectivity index (χ4v) is 7.30. The van der Waals surface area contributed by atoms with Crippen molar-refractivity contribution in [3.8, 4) is 0 Å². The smallest absolute Gasteiger partial charge is 0.156 e. The van der Waals surface area contributed by atoms with E-state index >= 15 is 0 Å². The van der Waals surface area contributed by atoms with Crippen LogP contribution in [0.25, 0.3) is 0 Å². The molecule has 2 heteroatoms. The number of aliphatic hydroxyl groups excluding tert-OH is 1. The average molecular weight is 343 g/mol. The van der Waals surface area contributed by atoms with Gasteiger partial charge < -0.3 is 5.11 Å². The van der Waals surface area contributed by atoms with Gasteiger partial charge >= 0.3 is 0 Å². The number of fused-ring (bicyclic) bond motifs is 5. The maximum Gasteiger partial charge on any atom is 0.156 e. The Bertz CT molecular complexity index is 630. The Morgan fingerprint density at radius 2 is 1.96 bits per heavy atom. The number of hydrogen-bond donors (Lipinski definition) is 1. The van der Waals surface area contributed by atoms with E-state index in [0.29, 0.717) is 35.6 Å². The highest BCUT2D eigenvalue weighted by Gasteiger charge is 2.58. The largest absolute Gasteiger partial charge is 0.396 e. The number of carbonyl (C=O) groups is 1. The monoisotopic (exact) mass is 342 g/mol. The predicted octanol–water partition coefficient (Wildman–Crippen LogP) is 5.07. The van der Waals surface area contributed by atoms with Crippen LogP contribution in [0.5, 0.6) is 0 Å². The first-order chi connectivity index (χ1) is 11.9. The van der Waals surface area contributed by atoms with Gasteiger partial charge in [-0.25, -0.2) is 0 Å². The molecule has 4 rings (SSSR count). The molecule has 2 saturated carbocycles. The number of allylic oxidation sites excluding steroid dienone is 4. The second kappa shape index (κ2) is 6.08. The molecule has 0 aromatic rings. The SMILES string of the molecule is CCC1=C[C@@H]2C(CC[C@@]3(C)C2CC[C@@H]3CCO)[C@@]2(C)CCC(=O)C=C12. The summed E-state index contributed by atoms with van der Waals surface area (Å²) in [5.41, 5.74) is 3.43. The molecule has 0 bridgehead atoms. The fourth-order valence-electron chi connectivity index (χ4n) is 7.30. The number of ketones is 1. The van der Waals surface area contributed by atoms with Crippen molar-refractivity contribution in [1.82, 2.24) is 0 Å². The highest BCUT2D eigenvalue weighted by atomic mass is 16.3. The molecule has 4 aliphatic carbocycles. The molecule has 0 heterocycles. The van der Waals surface area contributed by atoms with Gasteiger partial charge in [-0.3, -0.25) is 4.79 Å². The quantitative estimate of drug-likeness (QED) is 0.777. The van der Waals surface area contributed by atoms with E-state index in [0.717, 1.165) is 31.6 Å². The molecular weight excluding hydrogens is 308 g/mol. The number of hydrogen-bond acceptors (Lipinski definition) is 2. The van der Waals surface area contributed by atoms with Gasteiger partial charge in [0, 0.05) is 13.0 Å². The lowest BCUT2D eigenvalue weighted by molar-refractivity contribution is -0.116. The van der Waals surface area contributed by atoms with Crippen molar-refractivity contribution in [2.45, 2.75) is 72.1 Å². The first-order valence-electron chi connectivity index (χ1n) is 10.5. The third-order valence-electron chi connectivity index (χ3n) is 8.76. The summed E-state index contributed by atoms with van der Waals surface area (Å²) in [5, 5.41) is 9.51. The third kappa shape index (κ3) is 2.43. The Hall–Kier alpha value is -0.890. The summed E-state index contributed by atoms with van der Waals surface area (Å²) in [4.78, 5) is 12.1. The van der Waals surface area contributed by atoms with Crippen molar-refractivity contribution < 1.29 is 9.90 Å². The summed E-state index contributed by atoms with van der Waals surface area (Å²) in [7, 11) is 0. The maximum atomic E-state index is 12.1. The van der Waals surface area contributed by atoms with Gasteiger partial charge in [-0.2, -0.15) is 0 Å². The summed E-state index contributed by atoms with van der Waals surface area (Å²) >= 11 is 0. The van der Waals surface area contributed by atoms with E-state index in [-0.39, 0.29) is 5.41 Å².